The third kappa shape index (κ3) is 5.30. The van der Waals surface area contributed by atoms with Crippen LogP contribution in [0.2, 0.25) is 0 Å². The van der Waals surface area contributed by atoms with Crippen molar-refractivity contribution in [1.82, 2.24) is 10.3 Å². The SMILES string of the molecule is CCCCNC(=O)C[S@@](=O)Cc1nc(-c2ccc(C)cc2)oc1C. The Hall–Kier alpha value is -1.95. The fraction of sp³-hybridized carbons (Fsp3) is 0.444. The molecule has 0 radical (unpaired) electrons. The van der Waals surface area contributed by atoms with E-state index in [-0.39, 0.29) is 17.4 Å². The first-order valence-electron chi connectivity index (χ1n) is 8.14. The van der Waals surface area contributed by atoms with Gasteiger partial charge in [-0.2, -0.15) is 0 Å². The van der Waals surface area contributed by atoms with Crippen molar-refractivity contribution in [1.29, 1.82) is 0 Å². The van der Waals surface area contributed by atoms with Gasteiger partial charge in [-0.1, -0.05) is 31.0 Å². The van der Waals surface area contributed by atoms with Crippen LogP contribution < -0.4 is 5.32 Å². The Morgan fingerprint density at radius 1 is 1.25 bits per heavy atom. The second-order valence-corrected chi connectivity index (χ2v) is 7.28. The number of rotatable bonds is 8. The van der Waals surface area contributed by atoms with Gasteiger partial charge in [-0.3, -0.25) is 9.00 Å². The van der Waals surface area contributed by atoms with E-state index in [1.54, 1.807) is 6.92 Å². The molecule has 0 aliphatic carbocycles. The van der Waals surface area contributed by atoms with Crippen molar-refractivity contribution >= 4 is 16.7 Å². The first-order valence-corrected chi connectivity index (χ1v) is 9.63. The average Bonchev–Trinajstić information content (AvgIpc) is 2.89. The highest BCUT2D eigenvalue weighted by Gasteiger charge is 2.15. The lowest BCUT2D eigenvalue weighted by Gasteiger charge is -2.03. The number of hydrogen-bond donors (Lipinski definition) is 1. The van der Waals surface area contributed by atoms with E-state index in [4.69, 9.17) is 4.42 Å². The maximum absolute atomic E-state index is 12.2. The number of unbranched alkanes of at least 4 members (excludes halogenated alkanes) is 1. The Balaban J connectivity index is 1.96. The van der Waals surface area contributed by atoms with Crippen molar-refractivity contribution in [3.05, 3.63) is 41.3 Å². The van der Waals surface area contributed by atoms with Gasteiger partial charge in [0.1, 0.15) is 11.5 Å². The number of aromatic nitrogens is 1. The lowest BCUT2D eigenvalue weighted by Crippen LogP contribution is -2.29. The van der Waals surface area contributed by atoms with Crippen molar-refractivity contribution in [3.63, 3.8) is 0 Å². The van der Waals surface area contributed by atoms with E-state index in [0.717, 1.165) is 24.0 Å². The van der Waals surface area contributed by atoms with Crippen LogP contribution in [-0.2, 0) is 21.3 Å². The van der Waals surface area contributed by atoms with Gasteiger partial charge in [-0.15, -0.1) is 0 Å². The standard InChI is InChI=1S/C18H24N2O3S/c1-4-5-10-19-17(21)12-24(22)11-16-14(3)23-18(20-16)15-8-6-13(2)7-9-15/h6-9H,4-5,10-12H2,1-3H3,(H,19,21)/t24-/m0/s1. The monoisotopic (exact) mass is 348 g/mol. The number of benzene rings is 1. The summed E-state index contributed by atoms with van der Waals surface area (Å²) in [4.78, 5) is 16.2. The molecule has 130 valence electrons. The molecule has 2 aromatic rings. The average molecular weight is 348 g/mol. The van der Waals surface area contributed by atoms with Gasteiger partial charge in [0.25, 0.3) is 0 Å². The molecule has 5 nitrogen and oxygen atoms in total. The Labute approximate surface area is 145 Å². The molecule has 0 spiro atoms. The molecule has 0 saturated heterocycles. The fourth-order valence-electron chi connectivity index (χ4n) is 2.19. The largest absolute Gasteiger partial charge is 0.441 e. The van der Waals surface area contributed by atoms with Crippen LogP contribution >= 0.6 is 0 Å². The molecule has 0 bridgehead atoms. The number of amides is 1. The van der Waals surface area contributed by atoms with Crippen molar-refractivity contribution in [2.24, 2.45) is 0 Å². The van der Waals surface area contributed by atoms with Crippen LogP contribution in [-0.4, -0.2) is 27.4 Å². The molecule has 1 atom stereocenters. The summed E-state index contributed by atoms with van der Waals surface area (Å²) in [6.07, 6.45) is 1.95. The number of nitrogens with one attached hydrogen (secondary N) is 1. The van der Waals surface area contributed by atoms with E-state index in [1.807, 2.05) is 31.2 Å². The second kappa shape index (κ2) is 8.78. The van der Waals surface area contributed by atoms with Gasteiger partial charge in [0.05, 0.1) is 11.4 Å². The number of carbonyl (C=O) groups excluding carboxylic acids is 1. The molecule has 2 rings (SSSR count). The zero-order chi connectivity index (χ0) is 17.5. The molecular weight excluding hydrogens is 324 g/mol. The normalized spacial score (nSPS) is 12.1. The fourth-order valence-corrected chi connectivity index (χ4v) is 3.26. The van der Waals surface area contributed by atoms with Crippen LogP contribution in [0.15, 0.2) is 28.7 Å². The summed E-state index contributed by atoms with van der Waals surface area (Å²) in [7, 11) is -1.30. The molecular formula is C18H24N2O3S. The summed E-state index contributed by atoms with van der Waals surface area (Å²) in [6.45, 7) is 6.51. The highest BCUT2D eigenvalue weighted by molar-refractivity contribution is 7.84. The molecule has 1 heterocycles. The number of oxazole rings is 1. The number of hydrogen-bond acceptors (Lipinski definition) is 4. The molecule has 1 amide bonds. The lowest BCUT2D eigenvalue weighted by molar-refractivity contribution is -0.118. The van der Waals surface area contributed by atoms with Gasteiger partial charge >= 0.3 is 0 Å². The molecule has 1 N–H and O–H groups in total. The van der Waals surface area contributed by atoms with Crippen molar-refractivity contribution in [2.45, 2.75) is 39.4 Å². The van der Waals surface area contributed by atoms with Crippen LogP contribution in [0.4, 0.5) is 0 Å². The summed E-state index contributed by atoms with van der Waals surface area (Å²) in [6, 6.07) is 7.88. The smallest absolute Gasteiger partial charge is 0.232 e. The van der Waals surface area contributed by atoms with Gasteiger partial charge < -0.3 is 9.73 Å². The minimum atomic E-state index is -1.30. The lowest BCUT2D eigenvalue weighted by atomic mass is 10.1. The van der Waals surface area contributed by atoms with Crippen LogP contribution in [0.25, 0.3) is 11.5 Å². The molecule has 0 saturated carbocycles. The van der Waals surface area contributed by atoms with E-state index < -0.39 is 10.8 Å². The number of carbonyl (C=O) groups is 1. The van der Waals surface area contributed by atoms with E-state index in [2.05, 4.69) is 17.2 Å². The highest BCUT2D eigenvalue weighted by Crippen LogP contribution is 2.22. The molecule has 24 heavy (non-hydrogen) atoms. The zero-order valence-electron chi connectivity index (χ0n) is 14.4. The Morgan fingerprint density at radius 3 is 2.62 bits per heavy atom. The first kappa shape index (κ1) is 18.4. The number of aryl methyl sites for hydroxylation is 2. The Bertz CT molecular complexity index is 708. The van der Waals surface area contributed by atoms with E-state index >= 15 is 0 Å². The maximum atomic E-state index is 12.2. The van der Waals surface area contributed by atoms with Gasteiger partial charge in [-0.05, 0) is 32.4 Å². The van der Waals surface area contributed by atoms with E-state index in [9.17, 15) is 9.00 Å². The molecule has 0 unspecified atom stereocenters. The summed E-state index contributed by atoms with van der Waals surface area (Å²) >= 11 is 0. The first-order chi connectivity index (χ1) is 11.5. The van der Waals surface area contributed by atoms with Crippen LogP contribution in [0.3, 0.4) is 0 Å². The van der Waals surface area contributed by atoms with E-state index in [1.165, 1.54) is 0 Å². The predicted octanol–water partition coefficient (Wildman–Crippen LogP) is 3.12. The molecule has 6 heteroatoms. The summed E-state index contributed by atoms with van der Waals surface area (Å²) < 4.78 is 17.8. The Morgan fingerprint density at radius 2 is 1.96 bits per heavy atom. The maximum Gasteiger partial charge on any atom is 0.232 e. The Kier molecular flexibility index (Phi) is 6.73. The minimum absolute atomic E-state index is 0.00409. The van der Waals surface area contributed by atoms with Gasteiger partial charge in [0.15, 0.2) is 0 Å². The second-order valence-electron chi connectivity index (χ2n) is 5.82. The van der Waals surface area contributed by atoms with Crippen LogP contribution in [0.1, 0.15) is 36.8 Å². The summed E-state index contributed by atoms with van der Waals surface area (Å²) in [5.74, 6) is 1.21. The molecule has 1 aromatic heterocycles. The topological polar surface area (TPSA) is 72.2 Å². The molecule has 0 aliphatic heterocycles. The molecule has 0 fully saturated rings. The zero-order valence-corrected chi connectivity index (χ0v) is 15.2. The number of nitrogens with zero attached hydrogens (tertiary/aromatic N) is 1. The summed E-state index contributed by atoms with van der Waals surface area (Å²) in [5.41, 5.74) is 2.70. The van der Waals surface area contributed by atoms with E-state index in [0.29, 0.717) is 23.9 Å². The van der Waals surface area contributed by atoms with Crippen molar-refractivity contribution in [3.8, 4) is 11.5 Å². The van der Waals surface area contributed by atoms with Gasteiger partial charge in [0, 0.05) is 22.9 Å². The minimum Gasteiger partial charge on any atom is -0.441 e. The molecule has 0 aliphatic rings. The predicted molar refractivity (Wildman–Crippen MR) is 96.0 cm³/mol. The van der Waals surface area contributed by atoms with Crippen LogP contribution in [0, 0.1) is 13.8 Å². The van der Waals surface area contributed by atoms with Gasteiger partial charge in [0.2, 0.25) is 11.8 Å². The van der Waals surface area contributed by atoms with Crippen LogP contribution in [0.5, 0.6) is 0 Å². The van der Waals surface area contributed by atoms with Gasteiger partial charge in [-0.25, -0.2) is 4.98 Å². The summed E-state index contributed by atoms with van der Waals surface area (Å²) in [5, 5.41) is 2.78. The molecule has 1 aromatic carbocycles. The quantitative estimate of drug-likeness (QED) is 0.744. The van der Waals surface area contributed by atoms with Crippen molar-refractivity contribution < 1.29 is 13.4 Å². The highest BCUT2D eigenvalue weighted by atomic mass is 32.2. The third-order valence-corrected chi connectivity index (χ3v) is 4.81. The third-order valence-electron chi connectivity index (χ3n) is 3.63. The van der Waals surface area contributed by atoms with Crippen molar-refractivity contribution in [2.75, 3.05) is 12.3 Å².